The summed E-state index contributed by atoms with van der Waals surface area (Å²) < 4.78 is 13.4. The lowest BCUT2D eigenvalue weighted by Gasteiger charge is -2.05. The summed E-state index contributed by atoms with van der Waals surface area (Å²) in [6.45, 7) is 0. The van der Waals surface area contributed by atoms with Crippen LogP contribution in [0.25, 0.3) is 0 Å². The first-order chi connectivity index (χ1) is 7.60. The van der Waals surface area contributed by atoms with Gasteiger partial charge in [0.2, 0.25) is 0 Å². The molecule has 0 fully saturated rings. The van der Waals surface area contributed by atoms with Crippen molar-refractivity contribution < 1.29 is 9.50 Å². The molecule has 0 radical (unpaired) electrons. The van der Waals surface area contributed by atoms with Crippen LogP contribution < -0.4 is 5.32 Å². The van der Waals surface area contributed by atoms with Gasteiger partial charge >= 0.3 is 0 Å². The van der Waals surface area contributed by atoms with E-state index in [-0.39, 0.29) is 17.0 Å². The maximum absolute atomic E-state index is 13.4. The second-order valence-corrected chi connectivity index (χ2v) is 3.06. The van der Waals surface area contributed by atoms with E-state index in [4.69, 9.17) is 27.2 Å². The highest BCUT2D eigenvalue weighted by Crippen LogP contribution is 2.30. The minimum Gasteiger partial charge on any atom is -0.506 e. The van der Waals surface area contributed by atoms with E-state index in [1.165, 1.54) is 12.1 Å². The Hall–Kier alpha value is -2.24. The predicted octanol–water partition coefficient (Wildman–Crippen LogP) is 2.53. The van der Waals surface area contributed by atoms with E-state index in [1.54, 1.807) is 12.1 Å². The molecule has 0 amide bonds. The number of phenols is 1. The van der Waals surface area contributed by atoms with Gasteiger partial charge in [0.1, 0.15) is 28.5 Å². The first kappa shape index (κ1) is 11.8. The summed E-state index contributed by atoms with van der Waals surface area (Å²) in [6.07, 6.45) is 1.05. The van der Waals surface area contributed by atoms with Crippen LogP contribution in [-0.2, 0) is 0 Å². The number of nitrogens with zero attached hydrogens (tertiary/aromatic N) is 2. The zero-order chi connectivity index (χ0) is 12.1. The summed E-state index contributed by atoms with van der Waals surface area (Å²) in [5.74, 6) is -1.23. The zero-order valence-electron chi connectivity index (χ0n) is 7.83. The molecule has 0 aromatic heterocycles. The molecule has 0 aliphatic rings. The highest BCUT2D eigenvalue weighted by Gasteiger charge is 2.09. The van der Waals surface area contributed by atoms with Crippen molar-refractivity contribution in [2.24, 2.45) is 0 Å². The van der Waals surface area contributed by atoms with Gasteiger partial charge in [0.05, 0.1) is 5.69 Å². The van der Waals surface area contributed by atoms with Crippen LogP contribution in [0, 0.1) is 28.5 Å². The Morgan fingerprint density at radius 2 is 2.06 bits per heavy atom. The number of halogens is 2. The average molecular weight is 238 g/mol. The average Bonchev–Trinajstić information content (AvgIpc) is 2.30. The number of hydrogen-bond donors (Lipinski definition) is 2. The van der Waals surface area contributed by atoms with Crippen molar-refractivity contribution in [2.75, 3.05) is 5.32 Å². The van der Waals surface area contributed by atoms with Crippen molar-refractivity contribution in [3.05, 3.63) is 34.7 Å². The van der Waals surface area contributed by atoms with Crippen LogP contribution in [0.15, 0.2) is 23.9 Å². The highest BCUT2D eigenvalue weighted by atomic mass is 35.5. The number of phenolic OH excluding ortho intramolecular Hbond substituents is 1. The SMILES string of the molecule is N#CC(C#N)=CNc1ccc(O)c(Cl)c1F. The Bertz CT molecular complexity index is 512. The summed E-state index contributed by atoms with van der Waals surface area (Å²) in [4.78, 5) is 0. The fraction of sp³-hybridized carbons (Fsp3) is 0. The van der Waals surface area contributed by atoms with Gasteiger partial charge in [0, 0.05) is 6.20 Å². The number of nitriles is 2. The molecule has 1 rings (SSSR count). The first-order valence-electron chi connectivity index (χ1n) is 4.04. The Balaban J connectivity index is 3.02. The summed E-state index contributed by atoms with van der Waals surface area (Å²) in [5, 5.41) is 27.9. The molecule has 2 N–H and O–H groups in total. The van der Waals surface area contributed by atoms with E-state index in [9.17, 15) is 4.39 Å². The molecule has 0 unspecified atom stereocenters. The maximum Gasteiger partial charge on any atom is 0.168 e. The van der Waals surface area contributed by atoms with Crippen molar-refractivity contribution >= 4 is 17.3 Å². The number of anilines is 1. The van der Waals surface area contributed by atoms with Crippen LogP contribution in [0.1, 0.15) is 0 Å². The van der Waals surface area contributed by atoms with E-state index in [0.29, 0.717) is 0 Å². The van der Waals surface area contributed by atoms with Gasteiger partial charge in [-0.05, 0) is 12.1 Å². The lowest BCUT2D eigenvalue weighted by molar-refractivity contribution is 0.470. The van der Waals surface area contributed by atoms with Crippen LogP contribution in [0.5, 0.6) is 5.75 Å². The number of aromatic hydroxyl groups is 1. The fourth-order valence-electron chi connectivity index (χ4n) is 0.890. The Labute approximate surface area is 95.8 Å². The summed E-state index contributed by atoms with van der Waals surface area (Å²) in [5.41, 5.74) is -0.241. The largest absolute Gasteiger partial charge is 0.506 e. The molecule has 0 saturated heterocycles. The molecular weight excluding hydrogens is 233 g/mol. The summed E-state index contributed by atoms with van der Waals surface area (Å²) >= 11 is 5.45. The number of rotatable bonds is 2. The molecule has 0 spiro atoms. The van der Waals surface area contributed by atoms with Crippen LogP contribution in [-0.4, -0.2) is 5.11 Å². The smallest absolute Gasteiger partial charge is 0.168 e. The van der Waals surface area contributed by atoms with E-state index in [0.717, 1.165) is 6.20 Å². The number of benzene rings is 1. The second kappa shape index (κ2) is 5.01. The molecule has 4 nitrogen and oxygen atoms in total. The molecule has 0 bridgehead atoms. The van der Waals surface area contributed by atoms with Gasteiger partial charge in [-0.2, -0.15) is 10.5 Å². The fourth-order valence-corrected chi connectivity index (χ4v) is 1.06. The Kier molecular flexibility index (Phi) is 3.71. The molecule has 0 heterocycles. The third kappa shape index (κ3) is 2.41. The van der Waals surface area contributed by atoms with Gasteiger partial charge in [-0.1, -0.05) is 11.6 Å². The highest BCUT2D eigenvalue weighted by molar-refractivity contribution is 6.32. The van der Waals surface area contributed by atoms with Crippen molar-refractivity contribution in [3.63, 3.8) is 0 Å². The van der Waals surface area contributed by atoms with Crippen LogP contribution in [0.3, 0.4) is 0 Å². The number of allylic oxidation sites excluding steroid dienone is 1. The van der Waals surface area contributed by atoms with E-state index >= 15 is 0 Å². The van der Waals surface area contributed by atoms with Crippen molar-refractivity contribution in [3.8, 4) is 17.9 Å². The Morgan fingerprint density at radius 1 is 1.44 bits per heavy atom. The van der Waals surface area contributed by atoms with Gasteiger partial charge in [0.15, 0.2) is 5.82 Å². The molecule has 0 atom stereocenters. The topological polar surface area (TPSA) is 79.8 Å². The minimum atomic E-state index is -0.854. The Morgan fingerprint density at radius 3 is 2.62 bits per heavy atom. The van der Waals surface area contributed by atoms with E-state index in [2.05, 4.69) is 5.32 Å². The third-order valence-electron chi connectivity index (χ3n) is 1.67. The van der Waals surface area contributed by atoms with Crippen molar-refractivity contribution in [1.82, 2.24) is 0 Å². The van der Waals surface area contributed by atoms with Gasteiger partial charge in [0.25, 0.3) is 0 Å². The maximum atomic E-state index is 13.4. The monoisotopic (exact) mass is 237 g/mol. The van der Waals surface area contributed by atoms with E-state index in [1.807, 2.05) is 0 Å². The summed E-state index contributed by atoms with van der Waals surface area (Å²) in [7, 11) is 0. The lowest BCUT2D eigenvalue weighted by Crippen LogP contribution is -1.94. The second-order valence-electron chi connectivity index (χ2n) is 2.69. The quantitative estimate of drug-likeness (QED) is 0.612. The molecular formula is C10H5ClFN3O. The lowest BCUT2D eigenvalue weighted by atomic mass is 10.2. The van der Waals surface area contributed by atoms with Gasteiger partial charge in [-0.15, -0.1) is 0 Å². The molecule has 0 saturated carbocycles. The normalized spacial score (nSPS) is 8.75. The molecule has 16 heavy (non-hydrogen) atoms. The molecule has 6 heteroatoms. The van der Waals surface area contributed by atoms with Crippen LogP contribution in [0.4, 0.5) is 10.1 Å². The van der Waals surface area contributed by atoms with Gasteiger partial charge < -0.3 is 10.4 Å². The van der Waals surface area contributed by atoms with Crippen molar-refractivity contribution in [2.45, 2.75) is 0 Å². The zero-order valence-corrected chi connectivity index (χ0v) is 8.59. The third-order valence-corrected chi connectivity index (χ3v) is 2.03. The number of nitrogens with one attached hydrogen (secondary N) is 1. The predicted molar refractivity (Wildman–Crippen MR) is 56.0 cm³/mol. The van der Waals surface area contributed by atoms with Crippen LogP contribution in [0.2, 0.25) is 5.02 Å². The minimum absolute atomic E-state index is 0.0363. The van der Waals surface area contributed by atoms with Gasteiger partial charge in [-0.3, -0.25) is 0 Å². The van der Waals surface area contributed by atoms with E-state index < -0.39 is 10.8 Å². The number of hydrogen-bond acceptors (Lipinski definition) is 4. The molecule has 0 aliphatic carbocycles. The van der Waals surface area contributed by atoms with Gasteiger partial charge in [-0.25, -0.2) is 4.39 Å². The standard InChI is InChI=1S/C10H5ClFN3O/c11-9-8(16)2-1-7(10(9)12)15-5-6(3-13)4-14/h1-2,5,15-16H. The van der Waals surface area contributed by atoms with Crippen LogP contribution >= 0.6 is 11.6 Å². The molecule has 1 aromatic rings. The first-order valence-corrected chi connectivity index (χ1v) is 4.41. The summed E-state index contributed by atoms with van der Waals surface area (Å²) in [6, 6.07) is 5.63. The molecule has 1 aromatic carbocycles. The molecule has 0 aliphatic heterocycles. The molecule has 80 valence electrons. The van der Waals surface area contributed by atoms with Crippen molar-refractivity contribution in [1.29, 1.82) is 10.5 Å².